The van der Waals surface area contributed by atoms with Crippen molar-refractivity contribution >= 4 is 23.7 Å². The van der Waals surface area contributed by atoms with Gasteiger partial charge in [-0.25, -0.2) is 0 Å². The van der Waals surface area contributed by atoms with Crippen molar-refractivity contribution in [3.05, 3.63) is 5.82 Å². The van der Waals surface area contributed by atoms with Crippen LogP contribution in [0.4, 0.5) is 11.9 Å². The summed E-state index contributed by atoms with van der Waals surface area (Å²) in [4.78, 5) is 39.6. The van der Waals surface area contributed by atoms with Crippen LogP contribution in [0.3, 0.4) is 0 Å². The Morgan fingerprint density at radius 2 is 1.33 bits per heavy atom. The second-order valence-corrected chi connectivity index (χ2v) is 5.03. The molecule has 9 nitrogen and oxygen atoms in total. The molecule has 0 atom stereocenters. The third-order valence-corrected chi connectivity index (χ3v) is 3.37. The average Bonchev–Trinajstić information content (AvgIpc) is 2.46. The third-order valence-electron chi connectivity index (χ3n) is 3.37. The monoisotopic (exact) mass is 291 g/mol. The maximum absolute atomic E-state index is 11.5. The van der Waals surface area contributed by atoms with E-state index >= 15 is 0 Å². The lowest BCUT2D eigenvalue weighted by Gasteiger charge is -2.29. The Morgan fingerprint density at radius 3 is 1.76 bits per heavy atom. The van der Waals surface area contributed by atoms with E-state index < -0.39 is 0 Å². The second kappa shape index (κ2) is 5.51. The van der Waals surface area contributed by atoms with Crippen molar-refractivity contribution < 1.29 is 9.59 Å². The molecule has 21 heavy (non-hydrogen) atoms. The van der Waals surface area contributed by atoms with Crippen molar-refractivity contribution in [1.82, 2.24) is 25.6 Å². The summed E-state index contributed by atoms with van der Waals surface area (Å²) in [5.74, 6) is 1.46. The van der Waals surface area contributed by atoms with Gasteiger partial charge in [0, 0.05) is 26.2 Å². The van der Waals surface area contributed by atoms with E-state index in [2.05, 4.69) is 25.6 Å². The van der Waals surface area contributed by atoms with E-state index in [1.165, 1.54) is 0 Å². The maximum atomic E-state index is 11.5. The molecule has 2 N–H and O–H groups in total. The molecule has 0 spiro atoms. The number of aromatic nitrogens is 3. The van der Waals surface area contributed by atoms with Gasteiger partial charge in [-0.2, -0.15) is 15.0 Å². The van der Waals surface area contributed by atoms with Crippen molar-refractivity contribution in [1.29, 1.82) is 0 Å². The maximum Gasteiger partial charge on any atom is 0.239 e. The van der Waals surface area contributed by atoms with E-state index in [1.807, 2.05) is 9.80 Å². The van der Waals surface area contributed by atoms with Gasteiger partial charge in [0.1, 0.15) is 5.82 Å². The lowest BCUT2D eigenvalue weighted by Crippen LogP contribution is -2.49. The number of rotatable bonds is 2. The summed E-state index contributed by atoms with van der Waals surface area (Å²) in [6.07, 6.45) is 0. The van der Waals surface area contributed by atoms with E-state index in [0.717, 1.165) is 0 Å². The molecule has 9 heteroatoms. The van der Waals surface area contributed by atoms with Crippen molar-refractivity contribution in [3.63, 3.8) is 0 Å². The Bertz CT molecular complexity index is 530. The SMILES string of the molecule is Cc1nc(N2CCNC(=O)C2)nc(N2CCNC(=O)C2)n1. The van der Waals surface area contributed by atoms with Crippen molar-refractivity contribution in [2.24, 2.45) is 0 Å². The fourth-order valence-electron chi connectivity index (χ4n) is 2.36. The molecule has 2 aliphatic rings. The number of hydrogen-bond acceptors (Lipinski definition) is 7. The summed E-state index contributed by atoms with van der Waals surface area (Å²) in [6.45, 7) is 4.73. The number of hydrogen-bond donors (Lipinski definition) is 2. The van der Waals surface area contributed by atoms with Crippen LogP contribution in [0.15, 0.2) is 0 Å². The highest BCUT2D eigenvalue weighted by molar-refractivity contribution is 5.82. The van der Waals surface area contributed by atoms with Gasteiger partial charge >= 0.3 is 0 Å². The number of anilines is 2. The van der Waals surface area contributed by atoms with Gasteiger partial charge in [-0.3, -0.25) is 9.59 Å². The molecule has 0 aliphatic carbocycles. The van der Waals surface area contributed by atoms with E-state index in [-0.39, 0.29) is 24.9 Å². The number of aryl methyl sites for hydroxylation is 1. The summed E-state index contributed by atoms with van der Waals surface area (Å²) in [5, 5.41) is 5.53. The molecule has 112 valence electrons. The molecule has 1 aromatic rings. The zero-order valence-corrected chi connectivity index (χ0v) is 11.8. The number of piperazine rings is 2. The molecule has 1 aromatic heterocycles. The molecule has 3 heterocycles. The molecule has 0 aromatic carbocycles. The zero-order chi connectivity index (χ0) is 14.8. The van der Waals surface area contributed by atoms with Gasteiger partial charge in [0.15, 0.2) is 0 Å². The lowest BCUT2D eigenvalue weighted by atomic mass is 10.3. The molecule has 2 amide bonds. The number of carbonyl (C=O) groups is 2. The first-order chi connectivity index (χ1) is 10.1. The highest BCUT2D eigenvalue weighted by Gasteiger charge is 2.23. The fraction of sp³-hybridized carbons (Fsp3) is 0.583. The van der Waals surface area contributed by atoms with Gasteiger partial charge in [-0.1, -0.05) is 0 Å². The molecule has 2 saturated heterocycles. The first kappa shape index (κ1) is 13.5. The Labute approximate surface area is 121 Å². The minimum Gasteiger partial charge on any atom is -0.353 e. The largest absolute Gasteiger partial charge is 0.353 e. The van der Waals surface area contributed by atoms with Crippen molar-refractivity contribution in [2.45, 2.75) is 6.92 Å². The van der Waals surface area contributed by atoms with Crippen molar-refractivity contribution in [2.75, 3.05) is 49.1 Å². The highest BCUT2D eigenvalue weighted by atomic mass is 16.2. The van der Waals surface area contributed by atoms with Crippen LogP contribution in [0.1, 0.15) is 5.82 Å². The third kappa shape index (κ3) is 3.01. The van der Waals surface area contributed by atoms with Gasteiger partial charge in [-0.05, 0) is 6.92 Å². The topological polar surface area (TPSA) is 103 Å². The van der Waals surface area contributed by atoms with Gasteiger partial charge in [0.25, 0.3) is 0 Å². The van der Waals surface area contributed by atoms with E-state index in [1.54, 1.807) is 6.92 Å². The summed E-state index contributed by atoms with van der Waals surface area (Å²) >= 11 is 0. The molecular weight excluding hydrogens is 274 g/mol. The number of amides is 2. The van der Waals surface area contributed by atoms with E-state index in [0.29, 0.717) is 43.9 Å². The summed E-state index contributed by atoms with van der Waals surface area (Å²) < 4.78 is 0. The number of carbonyl (C=O) groups excluding carboxylic acids is 2. The van der Waals surface area contributed by atoms with Gasteiger partial charge < -0.3 is 20.4 Å². The van der Waals surface area contributed by atoms with Crippen LogP contribution in [0.5, 0.6) is 0 Å². The zero-order valence-electron chi connectivity index (χ0n) is 11.8. The molecule has 0 unspecified atom stereocenters. The quantitative estimate of drug-likeness (QED) is 0.653. The van der Waals surface area contributed by atoms with Crippen molar-refractivity contribution in [3.8, 4) is 0 Å². The minimum atomic E-state index is -0.0433. The molecule has 0 radical (unpaired) electrons. The first-order valence-corrected chi connectivity index (χ1v) is 6.88. The van der Waals surface area contributed by atoms with Crippen LogP contribution >= 0.6 is 0 Å². The lowest BCUT2D eigenvalue weighted by molar-refractivity contribution is -0.121. The first-order valence-electron chi connectivity index (χ1n) is 6.88. The number of nitrogens with zero attached hydrogens (tertiary/aromatic N) is 5. The molecule has 2 fully saturated rings. The minimum absolute atomic E-state index is 0.0433. The Balaban J connectivity index is 1.85. The normalized spacial score (nSPS) is 19.3. The fourth-order valence-corrected chi connectivity index (χ4v) is 2.36. The molecule has 0 saturated carbocycles. The Morgan fingerprint density at radius 1 is 0.857 bits per heavy atom. The smallest absolute Gasteiger partial charge is 0.239 e. The standard InChI is InChI=1S/C12H17N7O2/c1-8-15-11(18-4-2-13-9(20)6-18)17-12(16-8)19-5-3-14-10(21)7-19/h2-7H2,1H3,(H,13,20)(H,14,21). The van der Waals surface area contributed by atoms with Crippen LogP contribution in [-0.2, 0) is 9.59 Å². The van der Waals surface area contributed by atoms with Gasteiger partial charge in [-0.15, -0.1) is 0 Å². The van der Waals surface area contributed by atoms with Crippen LogP contribution < -0.4 is 20.4 Å². The molecule has 2 aliphatic heterocycles. The summed E-state index contributed by atoms with van der Waals surface area (Å²) in [5.41, 5.74) is 0. The van der Waals surface area contributed by atoms with Crippen LogP contribution in [0.25, 0.3) is 0 Å². The number of nitrogens with one attached hydrogen (secondary N) is 2. The summed E-state index contributed by atoms with van der Waals surface area (Å²) in [7, 11) is 0. The molecular formula is C12H17N7O2. The Kier molecular flexibility index (Phi) is 3.55. The predicted octanol–water partition coefficient (Wildman–Crippen LogP) is -1.95. The van der Waals surface area contributed by atoms with Crippen LogP contribution in [0, 0.1) is 6.92 Å². The predicted molar refractivity (Wildman–Crippen MR) is 75.0 cm³/mol. The van der Waals surface area contributed by atoms with Crippen LogP contribution in [-0.4, -0.2) is 66.0 Å². The molecule has 3 rings (SSSR count). The highest BCUT2D eigenvalue weighted by Crippen LogP contribution is 2.15. The summed E-state index contributed by atoms with van der Waals surface area (Å²) in [6, 6.07) is 0. The van der Waals surface area contributed by atoms with Gasteiger partial charge in [0.2, 0.25) is 23.7 Å². The van der Waals surface area contributed by atoms with Crippen LogP contribution in [0.2, 0.25) is 0 Å². The van der Waals surface area contributed by atoms with E-state index in [9.17, 15) is 9.59 Å². The molecule has 0 bridgehead atoms. The van der Waals surface area contributed by atoms with Gasteiger partial charge in [0.05, 0.1) is 13.1 Å². The second-order valence-electron chi connectivity index (χ2n) is 5.03. The van der Waals surface area contributed by atoms with E-state index in [4.69, 9.17) is 0 Å². The Hall–Kier alpha value is -2.45. The average molecular weight is 291 g/mol.